The van der Waals surface area contributed by atoms with Crippen molar-refractivity contribution in [3.8, 4) is 11.5 Å². The first-order chi connectivity index (χ1) is 9.13. The van der Waals surface area contributed by atoms with E-state index in [9.17, 15) is 5.11 Å². The first kappa shape index (κ1) is 14.2. The summed E-state index contributed by atoms with van der Waals surface area (Å²) in [5.41, 5.74) is 0.797. The van der Waals surface area contributed by atoms with Gasteiger partial charge in [0.1, 0.15) is 11.5 Å². The van der Waals surface area contributed by atoms with Gasteiger partial charge < -0.3 is 14.6 Å². The molecule has 0 radical (unpaired) electrons. The molecule has 19 heavy (non-hydrogen) atoms. The number of rotatable bonds is 4. The molecule has 0 spiro atoms. The summed E-state index contributed by atoms with van der Waals surface area (Å²) in [6, 6.07) is 5.61. The van der Waals surface area contributed by atoms with E-state index in [1.54, 1.807) is 7.11 Å². The maximum absolute atomic E-state index is 9.43. The van der Waals surface area contributed by atoms with Crippen LogP contribution in [-0.2, 0) is 6.61 Å². The van der Waals surface area contributed by atoms with Crippen molar-refractivity contribution < 1.29 is 14.6 Å². The molecule has 0 amide bonds. The Hall–Kier alpha value is -1.22. The molecule has 1 N–H and O–H groups in total. The number of hydrogen-bond donors (Lipinski definition) is 1. The van der Waals surface area contributed by atoms with Crippen LogP contribution in [0.15, 0.2) is 18.2 Å². The van der Waals surface area contributed by atoms with Crippen LogP contribution in [0.5, 0.6) is 11.5 Å². The fraction of sp³-hybridized carbons (Fsp3) is 0.625. The standard InChI is InChI=1S/C16H24O3/c1-11-4-5-15(8-12(11)2)19-16-7-6-14(18-3)9-13(16)10-17/h6-7,9,11-12,15,17H,4-5,8,10H2,1-3H3. The number of hydrogen-bond acceptors (Lipinski definition) is 3. The number of methoxy groups -OCH3 is 1. The third-order valence-corrected chi connectivity index (χ3v) is 4.28. The molecule has 0 heterocycles. The van der Waals surface area contributed by atoms with E-state index in [4.69, 9.17) is 9.47 Å². The second-order valence-electron chi connectivity index (χ2n) is 5.64. The number of aliphatic hydroxyl groups is 1. The average Bonchev–Trinajstić information content (AvgIpc) is 2.43. The lowest BCUT2D eigenvalue weighted by Gasteiger charge is -2.32. The molecule has 1 saturated carbocycles. The maximum atomic E-state index is 9.43. The fourth-order valence-corrected chi connectivity index (χ4v) is 2.71. The van der Waals surface area contributed by atoms with Crippen LogP contribution in [-0.4, -0.2) is 18.3 Å². The normalized spacial score (nSPS) is 27.1. The van der Waals surface area contributed by atoms with Gasteiger partial charge in [-0.25, -0.2) is 0 Å². The molecule has 1 fully saturated rings. The lowest BCUT2D eigenvalue weighted by atomic mass is 9.80. The van der Waals surface area contributed by atoms with Gasteiger partial charge in [-0.15, -0.1) is 0 Å². The van der Waals surface area contributed by atoms with Crippen molar-refractivity contribution in [3.63, 3.8) is 0 Å². The summed E-state index contributed by atoms with van der Waals surface area (Å²) in [7, 11) is 1.63. The molecule has 106 valence electrons. The Labute approximate surface area is 115 Å². The van der Waals surface area contributed by atoms with Crippen molar-refractivity contribution in [1.82, 2.24) is 0 Å². The lowest BCUT2D eigenvalue weighted by Crippen LogP contribution is -2.29. The second kappa shape index (κ2) is 6.29. The van der Waals surface area contributed by atoms with Crippen LogP contribution >= 0.6 is 0 Å². The van der Waals surface area contributed by atoms with Crippen LogP contribution in [0.1, 0.15) is 38.7 Å². The topological polar surface area (TPSA) is 38.7 Å². The number of aliphatic hydroxyl groups excluding tert-OH is 1. The third-order valence-electron chi connectivity index (χ3n) is 4.28. The van der Waals surface area contributed by atoms with Crippen LogP contribution in [0, 0.1) is 11.8 Å². The highest BCUT2D eigenvalue weighted by Crippen LogP contribution is 2.33. The van der Waals surface area contributed by atoms with Crippen molar-refractivity contribution in [2.75, 3.05) is 7.11 Å². The molecule has 3 heteroatoms. The fourth-order valence-electron chi connectivity index (χ4n) is 2.71. The average molecular weight is 264 g/mol. The van der Waals surface area contributed by atoms with Crippen molar-refractivity contribution in [2.24, 2.45) is 11.8 Å². The van der Waals surface area contributed by atoms with Gasteiger partial charge in [-0.1, -0.05) is 13.8 Å². The maximum Gasteiger partial charge on any atom is 0.125 e. The largest absolute Gasteiger partial charge is 0.497 e. The van der Waals surface area contributed by atoms with E-state index in [0.717, 1.165) is 35.8 Å². The predicted octanol–water partition coefficient (Wildman–Crippen LogP) is 3.39. The van der Waals surface area contributed by atoms with Crippen molar-refractivity contribution in [3.05, 3.63) is 23.8 Å². The van der Waals surface area contributed by atoms with Crippen LogP contribution < -0.4 is 9.47 Å². The summed E-state index contributed by atoms with van der Waals surface area (Å²) >= 11 is 0. The molecule has 1 aromatic carbocycles. The zero-order valence-electron chi connectivity index (χ0n) is 12.1. The van der Waals surface area contributed by atoms with E-state index in [1.165, 1.54) is 6.42 Å². The van der Waals surface area contributed by atoms with Gasteiger partial charge in [0.2, 0.25) is 0 Å². The van der Waals surface area contributed by atoms with Gasteiger partial charge in [0.05, 0.1) is 19.8 Å². The minimum absolute atomic E-state index is 0.0226. The minimum Gasteiger partial charge on any atom is -0.497 e. The number of ether oxygens (including phenoxy) is 2. The minimum atomic E-state index is -0.0226. The molecule has 0 aromatic heterocycles. The highest BCUT2D eigenvalue weighted by Gasteiger charge is 2.26. The van der Waals surface area contributed by atoms with Crippen LogP contribution in [0.25, 0.3) is 0 Å². The zero-order valence-corrected chi connectivity index (χ0v) is 12.1. The highest BCUT2D eigenvalue weighted by atomic mass is 16.5. The Bertz CT molecular complexity index is 416. The summed E-state index contributed by atoms with van der Waals surface area (Å²) in [4.78, 5) is 0. The molecule has 1 aromatic rings. The van der Waals surface area contributed by atoms with E-state index < -0.39 is 0 Å². The quantitative estimate of drug-likeness (QED) is 0.906. The molecule has 0 bridgehead atoms. The van der Waals surface area contributed by atoms with Crippen LogP contribution in [0.3, 0.4) is 0 Å². The van der Waals surface area contributed by atoms with Crippen LogP contribution in [0.4, 0.5) is 0 Å². The Balaban J connectivity index is 2.06. The van der Waals surface area contributed by atoms with E-state index in [-0.39, 0.29) is 12.7 Å². The first-order valence-electron chi connectivity index (χ1n) is 7.08. The van der Waals surface area contributed by atoms with Crippen LogP contribution in [0.2, 0.25) is 0 Å². The van der Waals surface area contributed by atoms with Gasteiger partial charge in [0, 0.05) is 5.56 Å². The van der Waals surface area contributed by atoms with Gasteiger partial charge in [-0.2, -0.15) is 0 Å². The van der Waals surface area contributed by atoms with E-state index in [0.29, 0.717) is 5.92 Å². The van der Waals surface area contributed by atoms with E-state index in [2.05, 4.69) is 13.8 Å². The highest BCUT2D eigenvalue weighted by molar-refractivity contribution is 5.40. The van der Waals surface area contributed by atoms with Gasteiger partial charge in [0.25, 0.3) is 0 Å². The molecule has 0 aliphatic heterocycles. The summed E-state index contributed by atoms with van der Waals surface area (Å²) in [6.07, 6.45) is 3.68. The van der Waals surface area contributed by atoms with E-state index in [1.807, 2.05) is 18.2 Å². The Morgan fingerprint density at radius 3 is 2.63 bits per heavy atom. The predicted molar refractivity (Wildman–Crippen MR) is 75.5 cm³/mol. The lowest BCUT2D eigenvalue weighted by molar-refractivity contribution is 0.0980. The second-order valence-corrected chi connectivity index (χ2v) is 5.64. The Morgan fingerprint density at radius 2 is 2.00 bits per heavy atom. The molecule has 1 aliphatic rings. The first-order valence-corrected chi connectivity index (χ1v) is 7.08. The van der Waals surface area contributed by atoms with Crippen molar-refractivity contribution in [2.45, 2.75) is 45.8 Å². The van der Waals surface area contributed by atoms with Gasteiger partial charge in [-0.3, -0.25) is 0 Å². The Kier molecular flexibility index (Phi) is 4.70. The van der Waals surface area contributed by atoms with Gasteiger partial charge in [0.15, 0.2) is 0 Å². The van der Waals surface area contributed by atoms with Crippen molar-refractivity contribution >= 4 is 0 Å². The third kappa shape index (κ3) is 3.41. The molecule has 0 saturated heterocycles. The van der Waals surface area contributed by atoms with Crippen molar-refractivity contribution in [1.29, 1.82) is 0 Å². The molecular weight excluding hydrogens is 240 g/mol. The Morgan fingerprint density at radius 1 is 1.21 bits per heavy atom. The number of benzene rings is 1. The summed E-state index contributed by atoms with van der Waals surface area (Å²) in [5, 5.41) is 9.43. The molecule has 1 aliphatic carbocycles. The molecule has 2 rings (SSSR count). The smallest absolute Gasteiger partial charge is 0.125 e. The molecule has 3 atom stereocenters. The summed E-state index contributed by atoms with van der Waals surface area (Å²) < 4.78 is 11.2. The monoisotopic (exact) mass is 264 g/mol. The summed E-state index contributed by atoms with van der Waals surface area (Å²) in [6.45, 7) is 4.58. The molecule has 3 unspecified atom stereocenters. The van der Waals surface area contributed by atoms with Gasteiger partial charge in [-0.05, 0) is 49.3 Å². The van der Waals surface area contributed by atoms with Gasteiger partial charge >= 0.3 is 0 Å². The zero-order chi connectivity index (χ0) is 13.8. The molecular formula is C16H24O3. The van der Waals surface area contributed by atoms with E-state index >= 15 is 0 Å². The SMILES string of the molecule is COc1ccc(OC2CCC(C)C(C)C2)c(CO)c1. The summed E-state index contributed by atoms with van der Waals surface area (Å²) in [5.74, 6) is 3.03. The molecule has 3 nitrogen and oxygen atoms in total.